The fourth-order valence-corrected chi connectivity index (χ4v) is 1.23. The third-order valence-corrected chi connectivity index (χ3v) is 2.48. The van der Waals surface area contributed by atoms with Crippen molar-refractivity contribution >= 4 is 34.5 Å². The van der Waals surface area contributed by atoms with Crippen LogP contribution in [0, 0.1) is 0 Å². The topological polar surface area (TPSA) is 55.4 Å². The Morgan fingerprint density at radius 2 is 2.00 bits per heavy atom. The summed E-state index contributed by atoms with van der Waals surface area (Å²) in [7, 11) is 1.12. The first kappa shape index (κ1) is 14.5. The number of esters is 1. The van der Waals surface area contributed by atoms with Gasteiger partial charge in [-0.3, -0.25) is 9.59 Å². The molecule has 8 heteroatoms. The molecule has 0 aromatic heterocycles. The van der Waals surface area contributed by atoms with Gasteiger partial charge in [0, 0.05) is 10.5 Å². The Hall–Kier alpha value is -0.540. The van der Waals surface area contributed by atoms with Crippen molar-refractivity contribution in [1.29, 1.82) is 0 Å². The largest absolute Gasteiger partial charge is 0.471 e. The standard InChI is InChI=1S/C7H9F3INO3/c1-15-5(13)2-4(3-11)12-6(14)7(8,9)10/h4H,2-3H2,1H3,(H,12,14). The Kier molecular flexibility index (Phi) is 5.91. The van der Waals surface area contributed by atoms with Gasteiger partial charge in [-0.25, -0.2) is 0 Å². The molecule has 1 atom stereocenters. The van der Waals surface area contributed by atoms with Crippen LogP contribution in [0.3, 0.4) is 0 Å². The molecule has 1 unspecified atom stereocenters. The first-order chi connectivity index (χ1) is 6.81. The average Bonchev–Trinajstić information content (AvgIpc) is 2.14. The molecule has 1 N–H and O–H groups in total. The van der Waals surface area contributed by atoms with E-state index in [-0.39, 0.29) is 10.8 Å². The second-order valence-electron chi connectivity index (χ2n) is 2.60. The zero-order valence-corrected chi connectivity index (χ0v) is 9.89. The highest BCUT2D eigenvalue weighted by Crippen LogP contribution is 2.15. The Bertz CT molecular complexity index is 244. The SMILES string of the molecule is COC(=O)CC(CI)NC(=O)C(F)(F)F. The average molecular weight is 339 g/mol. The molecule has 4 nitrogen and oxygen atoms in total. The van der Waals surface area contributed by atoms with Gasteiger partial charge in [-0.1, -0.05) is 22.6 Å². The molecule has 0 fully saturated rings. The quantitative estimate of drug-likeness (QED) is 0.473. The molecule has 88 valence electrons. The molecule has 15 heavy (non-hydrogen) atoms. The Morgan fingerprint density at radius 1 is 1.47 bits per heavy atom. The summed E-state index contributed by atoms with van der Waals surface area (Å²) in [6.45, 7) is 0. The van der Waals surface area contributed by atoms with E-state index in [0.717, 1.165) is 7.11 Å². The third kappa shape index (κ3) is 5.80. The maximum absolute atomic E-state index is 11.8. The van der Waals surface area contributed by atoms with E-state index in [4.69, 9.17) is 0 Å². The van der Waals surface area contributed by atoms with Crippen molar-refractivity contribution in [3.8, 4) is 0 Å². The van der Waals surface area contributed by atoms with Gasteiger partial charge in [0.15, 0.2) is 0 Å². The highest BCUT2D eigenvalue weighted by atomic mass is 127. The van der Waals surface area contributed by atoms with E-state index in [1.54, 1.807) is 27.9 Å². The third-order valence-electron chi connectivity index (χ3n) is 1.42. The van der Waals surface area contributed by atoms with Gasteiger partial charge < -0.3 is 10.1 Å². The number of nitrogens with one attached hydrogen (secondary N) is 1. The minimum atomic E-state index is -4.93. The van der Waals surface area contributed by atoms with Crippen LogP contribution in [-0.4, -0.2) is 35.6 Å². The highest BCUT2D eigenvalue weighted by molar-refractivity contribution is 14.1. The van der Waals surface area contributed by atoms with Crippen molar-refractivity contribution in [3.63, 3.8) is 0 Å². The van der Waals surface area contributed by atoms with Crippen molar-refractivity contribution in [1.82, 2.24) is 5.32 Å². The molecule has 0 saturated heterocycles. The lowest BCUT2D eigenvalue weighted by Crippen LogP contribution is -2.44. The number of rotatable bonds is 4. The number of alkyl halides is 4. The molecule has 0 aliphatic heterocycles. The molecule has 0 bridgehead atoms. The summed E-state index contributed by atoms with van der Waals surface area (Å²) in [6, 6.07) is -0.868. The summed E-state index contributed by atoms with van der Waals surface area (Å²) in [5.41, 5.74) is 0. The summed E-state index contributed by atoms with van der Waals surface area (Å²) < 4.78 is 40.0. The number of methoxy groups -OCH3 is 1. The summed E-state index contributed by atoms with van der Waals surface area (Å²) in [5.74, 6) is -2.72. The van der Waals surface area contributed by atoms with E-state index in [9.17, 15) is 22.8 Å². The molecule has 0 spiro atoms. The fraction of sp³-hybridized carbons (Fsp3) is 0.714. The lowest BCUT2D eigenvalue weighted by molar-refractivity contribution is -0.174. The number of carbonyl (C=O) groups excluding carboxylic acids is 2. The van der Waals surface area contributed by atoms with Crippen molar-refractivity contribution in [2.75, 3.05) is 11.5 Å². The molecule has 0 aromatic rings. The predicted molar refractivity (Wildman–Crippen MR) is 53.5 cm³/mol. The monoisotopic (exact) mass is 339 g/mol. The summed E-state index contributed by atoms with van der Waals surface area (Å²) in [4.78, 5) is 21.3. The van der Waals surface area contributed by atoms with Gasteiger partial charge in [-0.2, -0.15) is 13.2 Å². The van der Waals surface area contributed by atoms with Gasteiger partial charge in [0.2, 0.25) is 0 Å². The number of halogens is 4. The van der Waals surface area contributed by atoms with Gasteiger partial charge in [-0.15, -0.1) is 0 Å². The molecule has 0 aromatic carbocycles. The van der Waals surface area contributed by atoms with Gasteiger partial charge in [-0.05, 0) is 0 Å². The Labute approximate surface area is 97.7 Å². The number of carbonyl (C=O) groups is 2. The molecular weight excluding hydrogens is 330 g/mol. The van der Waals surface area contributed by atoms with E-state index in [1.807, 2.05) is 0 Å². The minimum Gasteiger partial charge on any atom is -0.469 e. The van der Waals surface area contributed by atoms with E-state index in [0.29, 0.717) is 0 Å². The van der Waals surface area contributed by atoms with Crippen molar-refractivity contribution in [3.05, 3.63) is 0 Å². The van der Waals surface area contributed by atoms with E-state index < -0.39 is 24.1 Å². The Balaban J connectivity index is 4.22. The molecular formula is C7H9F3INO3. The van der Waals surface area contributed by atoms with Gasteiger partial charge in [0.25, 0.3) is 0 Å². The van der Waals surface area contributed by atoms with Crippen LogP contribution in [0.2, 0.25) is 0 Å². The molecule has 0 rings (SSSR count). The van der Waals surface area contributed by atoms with Crippen LogP contribution >= 0.6 is 22.6 Å². The van der Waals surface area contributed by atoms with Crippen LogP contribution in [0.4, 0.5) is 13.2 Å². The van der Waals surface area contributed by atoms with Crippen LogP contribution in [0.5, 0.6) is 0 Å². The number of hydrogen-bond donors (Lipinski definition) is 1. The summed E-state index contributed by atoms with van der Waals surface area (Å²) >= 11 is 1.77. The fourth-order valence-electron chi connectivity index (χ4n) is 0.696. The van der Waals surface area contributed by atoms with Crippen molar-refractivity contribution in [2.45, 2.75) is 18.6 Å². The van der Waals surface area contributed by atoms with Gasteiger partial charge in [0.1, 0.15) is 0 Å². The number of hydrogen-bond acceptors (Lipinski definition) is 3. The van der Waals surface area contributed by atoms with Crippen LogP contribution in [0.25, 0.3) is 0 Å². The maximum Gasteiger partial charge on any atom is 0.471 e. The molecule has 1 amide bonds. The summed E-state index contributed by atoms with van der Waals surface area (Å²) in [6.07, 6.45) is -5.21. The normalized spacial score (nSPS) is 13.1. The maximum atomic E-state index is 11.8. The van der Waals surface area contributed by atoms with Gasteiger partial charge >= 0.3 is 18.1 Å². The summed E-state index contributed by atoms with van der Waals surface area (Å²) in [5, 5.41) is 1.70. The van der Waals surface area contributed by atoms with Crippen LogP contribution in [-0.2, 0) is 14.3 Å². The lowest BCUT2D eigenvalue weighted by atomic mass is 10.2. The van der Waals surface area contributed by atoms with Crippen LogP contribution < -0.4 is 5.32 Å². The molecule has 0 saturated carbocycles. The van der Waals surface area contributed by atoms with Crippen molar-refractivity contribution < 1.29 is 27.5 Å². The smallest absolute Gasteiger partial charge is 0.469 e. The van der Waals surface area contributed by atoms with Crippen LogP contribution in [0.15, 0.2) is 0 Å². The second-order valence-corrected chi connectivity index (χ2v) is 3.48. The zero-order chi connectivity index (χ0) is 12.1. The minimum absolute atomic E-state index is 0.189. The van der Waals surface area contributed by atoms with E-state index in [1.165, 1.54) is 0 Å². The molecule has 0 radical (unpaired) electrons. The Morgan fingerprint density at radius 3 is 2.33 bits per heavy atom. The van der Waals surface area contributed by atoms with E-state index in [2.05, 4.69) is 4.74 Å². The molecule has 0 aliphatic carbocycles. The number of amides is 1. The predicted octanol–water partition coefficient (Wildman–Crippen LogP) is 1.03. The van der Waals surface area contributed by atoms with Crippen LogP contribution in [0.1, 0.15) is 6.42 Å². The van der Waals surface area contributed by atoms with Gasteiger partial charge in [0.05, 0.1) is 13.5 Å². The second kappa shape index (κ2) is 6.13. The molecule has 0 heterocycles. The first-order valence-electron chi connectivity index (χ1n) is 3.81. The lowest BCUT2D eigenvalue weighted by Gasteiger charge is -2.15. The zero-order valence-electron chi connectivity index (χ0n) is 7.73. The molecule has 0 aliphatic rings. The first-order valence-corrected chi connectivity index (χ1v) is 5.34. The number of ether oxygens (including phenoxy) is 1. The van der Waals surface area contributed by atoms with Crippen molar-refractivity contribution in [2.24, 2.45) is 0 Å². The van der Waals surface area contributed by atoms with E-state index >= 15 is 0 Å². The highest BCUT2D eigenvalue weighted by Gasteiger charge is 2.39.